The molecule has 1 aliphatic rings. The summed E-state index contributed by atoms with van der Waals surface area (Å²) in [5.41, 5.74) is 4.15. The first-order valence-electron chi connectivity index (χ1n) is 6.86. The van der Waals surface area contributed by atoms with Crippen molar-refractivity contribution in [2.75, 3.05) is 0 Å². The van der Waals surface area contributed by atoms with Crippen molar-refractivity contribution in [3.63, 3.8) is 0 Å². The Morgan fingerprint density at radius 2 is 2.05 bits per heavy atom. The van der Waals surface area contributed by atoms with Crippen LogP contribution in [0.25, 0.3) is 5.70 Å². The first kappa shape index (κ1) is 13.8. The molecule has 1 fully saturated rings. The van der Waals surface area contributed by atoms with Crippen molar-refractivity contribution >= 4 is 12.4 Å². The molecule has 1 saturated carbocycles. The molecule has 102 valence electrons. The molecule has 3 nitrogen and oxygen atoms in total. The predicted molar refractivity (Wildman–Crippen MR) is 79.5 cm³/mol. The molecule has 0 amide bonds. The van der Waals surface area contributed by atoms with Gasteiger partial charge < -0.3 is 4.52 Å². The number of nitrogens with zero attached hydrogens (tertiary/aromatic N) is 2. The Balaban J connectivity index is 2.50. The highest BCUT2D eigenvalue weighted by molar-refractivity contribution is 5.73. The lowest BCUT2D eigenvalue weighted by Crippen LogP contribution is -1.95. The molecule has 0 aliphatic heterocycles. The van der Waals surface area contributed by atoms with Gasteiger partial charge in [0.1, 0.15) is 5.76 Å². The van der Waals surface area contributed by atoms with E-state index in [1.165, 1.54) is 18.4 Å². The molecule has 1 heterocycles. The van der Waals surface area contributed by atoms with Gasteiger partial charge in [-0.15, -0.1) is 0 Å². The van der Waals surface area contributed by atoms with Gasteiger partial charge in [0, 0.05) is 5.92 Å². The molecule has 19 heavy (non-hydrogen) atoms. The average molecular weight is 258 g/mol. The Labute approximate surface area is 115 Å². The summed E-state index contributed by atoms with van der Waals surface area (Å²) in [7, 11) is 0. The molecule has 1 aromatic rings. The minimum absolute atomic E-state index is 0.322. The van der Waals surface area contributed by atoms with Crippen molar-refractivity contribution in [2.45, 2.75) is 52.4 Å². The van der Waals surface area contributed by atoms with E-state index < -0.39 is 0 Å². The molecule has 0 aromatic carbocycles. The van der Waals surface area contributed by atoms with Gasteiger partial charge in [0.25, 0.3) is 0 Å². The van der Waals surface area contributed by atoms with Crippen molar-refractivity contribution in [3.05, 3.63) is 34.7 Å². The largest absolute Gasteiger partial charge is 0.360 e. The highest BCUT2D eigenvalue weighted by Gasteiger charge is 2.33. The van der Waals surface area contributed by atoms with E-state index in [0.717, 1.165) is 22.7 Å². The first-order valence-corrected chi connectivity index (χ1v) is 6.86. The number of hydrogen-bond donors (Lipinski definition) is 0. The van der Waals surface area contributed by atoms with Gasteiger partial charge in [-0.2, -0.15) is 0 Å². The van der Waals surface area contributed by atoms with Crippen LogP contribution in [0.1, 0.15) is 69.4 Å². The van der Waals surface area contributed by atoms with E-state index in [2.05, 4.69) is 50.6 Å². The molecule has 2 rings (SSSR count). The molecule has 0 bridgehead atoms. The standard InChI is InChI=1S/C16H22N2O/c1-10(2)6-9-13(17-5)14-15(11(3)4)18-19-16(14)12-7-8-12/h6,9,11-12H,5,7-8H2,1-4H3/b13-9-. The molecule has 0 saturated heterocycles. The molecule has 0 N–H and O–H groups in total. The van der Waals surface area contributed by atoms with E-state index >= 15 is 0 Å². The monoisotopic (exact) mass is 258 g/mol. The van der Waals surface area contributed by atoms with Gasteiger partial charge in [-0.25, -0.2) is 0 Å². The Kier molecular flexibility index (Phi) is 4.03. The van der Waals surface area contributed by atoms with Crippen LogP contribution in [-0.2, 0) is 0 Å². The number of hydrogen-bond acceptors (Lipinski definition) is 3. The quantitative estimate of drug-likeness (QED) is 0.568. The van der Waals surface area contributed by atoms with Crippen LogP contribution < -0.4 is 0 Å². The van der Waals surface area contributed by atoms with E-state index in [1.807, 2.05) is 6.08 Å². The Bertz CT molecular complexity index is 507. The second-order valence-corrected chi connectivity index (χ2v) is 5.69. The Morgan fingerprint density at radius 1 is 1.37 bits per heavy atom. The zero-order valence-corrected chi connectivity index (χ0v) is 12.2. The highest BCUT2D eigenvalue weighted by atomic mass is 16.5. The zero-order valence-electron chi connectivity index (χ0n) is 12.2. The molecule has 0 radical (unpaired) electrons. The molecule has 1 aliphatic carbocycles. The highest BCUT2D eigenvalue weighted by Crippen LogP contribution is 2.45. The molecule has 0 unspecified atom stereocenters. The predicted octanol–water partition coefficient (Wildman–Crippen LogP) is 4.68. The fraction of sp³-hybridized carbons (Fsp3) is 0.500. The molecule has 0 spiro atoms. The Morgan fingerprint density at radius 3 is 2.53 bits per heavy atom. The third kappa shape index (κ3) is 3.03. The summed E-state index contributed by atoms with van der Waals surface area (Å²) in [4.78, 5) is 4.18. The maximum Gasteiger partial charge on any atom is 0.149 e. The van der Waals surface area contributed by atoms with Crippen LogP contribution in [0.5, 0.6) is 0 Å². The minimum atomic E-state index is 0.322. The molecule has 3 heteroatoms. The Hall–Kier alpha value is -1.64. The van der Waals surface area contributed by atoms with Crippen molar-refractivity contribution in [1.29, 1.82) is 0 Å². The van der Waals surface area contributed by atoms with Gasteiger partial charge in [-0.3, -0.25) is 4.99 Å². The van der Waals surface area contributed by atoms with Crippen LogP contribution in [0, 0.1) is 0 Å². The molecule has 1 aromatic heterocycles. The van der Waals surface area contributed by atoms with Gasteiger partial charge in [-0.1, -0.05) is 30.7 Å². The summed E-state index contributed by atoms with van der Waals surface area (Å²) >= 11 is 0. The van der Waals surface area contributed by atoms with E-state index in [9.17, 15) is 0 Å². The van der Waals surface area contributed by atoms with E-state index in [4.69, 9.17) is 4.52 Å². The second kappa shape index (κ2) is 5.55. The van der Waals surface area contributed by atoms with Gasteiger partial charge in [-0.05, 0) is 45.4 Å². The second-order valence-electron chi connectivity index (χ2n) is 5.69. The summed E-state index contributed by atoms with van der Waals surface area (Å²) < 4.78 is 5.57. The molecule has 0 atom stereocenters. The maximum atomic E-state index is 5.57. The van der Waals surface area contributed by atoms with Gasteiger partial charge >= 0.3 is 0 Å². The smallest absolute Gasteiger partial charge is 0.149 e. The number of rotatable bonds is 5. The topological polar surface area (TPSA) is 38.4 Å². The summed E-state index contributed by atoms with van der Waals surface area (Å²) in [5.74, 6) is 1.83. The van der Waals surface area contributed by atoms with Crippen LogP contribution in [0.2, 0.25) is 0 Å². The van der Waals surface area contributed by atoms with E-state index in [1.54, 1.807) is 0 Å². The molecular formula is C16H22N2O. The van der Waals surface area contributed by atoms with Crippen LogP contribution in [0.4, 0.5) is 0 Å². The lowest BCUT2D eigenvalue weighted by atomic mass is 9.99. The van der Waals surface area contributed by atoms with Crippen LogP contribution in [-0.4, -0.2) is 11.9 Å². The van der Waals surface area contributed by atoms with Crippen molar-refractivity contribution < 1.29 is 4.52 Å². The maximum absolute atomic E-state index is 5.57. The van der Waals surface area contributed by atoms with Gasteiger partial charge in [0.2, 0.25) is 0 Å². The summed E-state index contributed by atoms with van der Waals surface area (Å²) in [6.45, 7) is 12.1. The first-order chi connectivity index (χ1) is 9.04. The number of allylic oxidation sites excluding steroid dienone is 3. The normalized spacial score (nSPS) is 15.7. The van der Waals surface area contributed by atoms with E-state index in [-0.39, 0.29) is 0 Å². The fourth-order valence-corrected chi connectivity index (χ4v) is 2.05. The third-order valence-corrected chi connectivity index (χ3v) is 3.24. The third-order valence-electron chi connectivity index (χ3n) is 3.24. The summed E-state index contributed by atoms with van der Waals surface area (Å²) in [6.07, 6.45) is 6.43. The fourth-order valence-electron chi connectivity index (χ4n) is 2.05. The number of aromatic nitrogens is 1. The summed E-state index contributed by atoms with van der Waals surface area (Å²) in [6, 6.07) is 0. The van der Waals surface area contributed by atoms with Crippen molar-refractivity contribution in [2.24, 2.45) is 4.99 Å². The van der Waals surface area contributed by atoms with Crippen molar-refractivity contribution in [3.8, 4) is 0 Å². The van der Waals surface area contributed by atoms with Crippen LogP contribution >= 0.6 is 0 Å². The number of aliphatic imine (C=N–C) groups is 1. The minimum Gasteiger partial charge on any atom is -0.360 e. The van der Waals surface area contributed by atoms with Gasteiger partial charge in [0.05, 0.1) is 17.0 Å². The van der Waals surface area contributed by atoms with Crippen LogP contribution in [0.15, 0.2) is 27.2 Å². The van der Waals surface area contributed by atoms with Crippen LogP contribution in [0.3, 0.4) is 0 Å². The van der Waals surface area contributed by atoms with Gasteiger partial charge in [0.15, 0.2) is 0 Å². The lowest BCUT2D eigenvalue weighted by Gasteiger charge is -2.06. The van der Waals surface area contributed by atoms with Crippen molar-refractivity contribution in [1.82, 2.24) is 5.16 Å². The summed E-state index contributed by atoms with van der Waals surface area (Å²) in [5, 5.41) is 4.25. The SMILES string of the molecule is C=N/C(=C\C=C(C)C)c1c(C(C)C)noc1C1CC1. The lowest BCUT2D eigenvalue weighted by molar-refractivity contribution is 0.375. The average Bonchev–Trinajstić information content (AvgIpc) is 3.10. The zero-order chi connectivity index (χ0) is 14.0. The van der Waals surface area contributed by atoms with E-state index in [0.29, 0.717) is 11.8 Å². The molecular weight excluding hydrogens is 236 g/mol.